The number of halogens is 1. The quantitative estimate of drug-likeness (QED) is 0.339. The Hall–Kier alpha value is -1.68. The first-order valence-electron chi connectivity index (χ1n) is 9.69. The fourth-order valence-electron chi connectivity index (χ4n) is 3.40. The summed E-state index contributed by atoms with van der Waals surface area (Å²) in [6, 6.07) is 16.5. The molecule has 29 heavy (non-hydrogen) atoms. The molecule has 1 atom stereocenters. The van der Waals surface area contributed by atoms with Crippen LogP contribution >= 0.6 is 24.0 Å². The zero-order valence-corrected chi connectivity index (χ0v) is 19.5. The third-order valence-corrected chi connectivity index (χ3v) is 4.73. The third kappa shape index (κ3) is 7.58. The van der Waals surface area contributed by atoms with Crippen LogP contribution in [-0.4, -0.2) is 43.8 Å². The zero-order chi connectivity index (χ0) is 19.8. The van der Waals surface area contributed by atoms with Crippen LogP contribution in [0.5, 0.6) is 0 Å². The summed E-state index contributed by atoms with van der Waals surface area (Å²) in [5, 5.41) is 3.18. The largest absolute Gasteiger partial charge is 0.380 e. The van der Waals surface area contributed by atoms with Crippen LogP contribution in [0.3, 0.4) is 0 Å². The number of methoxy groups -OCH3 is 1. The molecule has 2 aromatic carbocycles. The molecule has 1 aliphatic rings. The molecule has 0 radical (unpaired) electrons. The summed E-state index contributed by atoms with van der Waals surface area (Å²) in [4.78, 5) is 6.93. The SMILES string of the molecule is COCc1ccccc1NC(N)=NCc1cccc(CN2CCOC(C)C2)c1.I. The van der Waals surface area contributed by atoms with Crippen LogP contribution in [0.25, 0.3) is 0 Å². The predicted molar refractivity (Wildman–Crippen MR) is 129 cm³/mol. The Morgan fingerprint density at radius 3 is 2.83 bits per heavy atom. The van der Waals surface area contributed by atoms with Gasteiger partial charge in [0, 0.05) is 38.0 Å². The van der Waals surface area contributed by atoms with E-state index in [1.54, 1.807) is 7.11 Å². The summed E-state index contributed by atoms with van der Waals surface area (Å²) < 4.78 is 10.8. The Kier molecular flexibility index (Phi) is 9.86. The van der Waals surface area contributed by atoms with Crippen molar-refractivity contribution < 1.29 is 9.47 Å². The number of nitrogens with one attached hydrogen (secondary N) is 1. The normalized spacial score (nSPS) is 17.6. The number of hydrogen-bond acceptors (Lipinski definition) is 4. The first-order valence-corrected chi connectivity index (χ1v) is 9.69. The number of morpholine rings is 1. The van der Waals surface area contributed by atoms with Crippen molar-refractivity contribution in [1.29, 1.82) is 0 Å². The molecule has 7 heteroatoms. The molecule has 3 N–H and O–H groups in total. The van der Waals surface area contributed by atoms with Crippen molar-refractivity contribution in [3.05, 3.63) is 65.2 Å². The smallest absolute Gasteiger partial charge is 0.193 e. The maximum absolute atomic E-state index is 6.10. The predicted octanol–water partition coefficient (Wildman–Crippen LogP) is 3.60. The summed E-state index contributed by atoms with van der Waals surface area (Å²) in [7, 11) is 1.68. The lowest BCUT2D eigenvalue weighted by molar-refractivity contribution is -0.0212. The molecule has 0 aliphatic carbocycles. The second kappa shape index (κ2) is 12.1. The second-order valence-corrected chi connectivity index (χ2v) is 7.15. The maximum atomic E-state index is 6.10. The minimum atomic E-state index is 0. The standard InChI is InChI=1S/C22H30N4O2.HI/c1-17-14-26(10-11-28-17)15-19-7-5-6-18(12-19)13-24-22(23)25-21-9-4-3-8-20(21)16-27-2;/h3-9,12,17H,10-11,13-16H2,1-2H3,(H3,23,24,25);1H. The number of para-hydroxylation sites is 1. The van der Waals surface area contributed by atoms with E-state index in [-0.39, 0.29) is 24.0 Å². The summed E-state index contributed by atoms with van der Waals surface area (Å²) in [5.74, 6) is 0.399. The van der Waals surface area contributed by atoms with E-state index >= 15 is 0 Å². The van der Waals surface area contributed by atoms with Gasteiger partial charge in [-0.2, -0.15) is 0 Å². The monoisotopic (exact) mass is 510 g/mol. The average molecular weight is 510 g/mol. The average Bonchev–Trinajstić information content (AvgIpc) is 2.68. The number of guanidine groups is 1. The molecule has 1 fully saturated rings. The summed E-state index contributed by atoms with van der Waals surface area (Å²) >= 11 is 0. The summed E-state index contributed by atoms with van der Waals surface area (Å²) in [5.41, 5.74) is 10.5. The van der Waals surface area contributed by atoms with E-state index in [4.69, 9.17) is 15.2 Å². The molecule has 1 heterocycles. The van der Waals surface area contributed by atoms with Crippen molar-refractivity contribution in [2.45, 2.75) is 32.7 Å². The van der Waals surface area contributed by atoms with Gasteiger partial charge >= 0.3 is 0 Å². The molecular weight excluding hydrogens is 479 g/mol. The van der Waals surface area contributed by atoms with E-state index in [1.165, 1.54) is 5.56 Å². The number of aliphatic imine (C=N–C) groups is 1. The highest BCUT2D eigenvalue weighted by Gasteiger charge is 2.16. The molecule has 6 nitrogen and oxygen atoms in total. The number of anilines is 1. The lowest BCUT2D eigenvalue weighted by Crippen LogP contribution is -2.40. The van der Waals surface area contributed by atoms with Crippen LogP contribution in [0.2, 0.25) is 0 Å². The highest BCUT2D eigenvalue weighted by atomic mass is 127. The van der Waals surface area contributed by atoms with Crippen LogP contribution in [0.15, 0.2) is 53.5 Å². The van der Waals surface area contributed by atoms with Crippen LogP contribution in [0.4, 0.5) is 5.69 Å². The van der Waals surface area contributed by atoms with Gasteiger partial charge in [-0.1, -0.05) is 42.5 Å². The number of hydrogen-bond donors (Lipinski definition) is 2. The topological polar surface area (TPSA) is 72.1 Å². The number of ether oxygens (including phenoxy) is 2. The van der Waals surface area contributed by atoms with E-state index in [1.807, 2.05) is 24.3 Å². The molecule has 3 rings (SSSR count). The summed E-state index contributed by atoms with van der Waals surface area (Å²) in [6.07, 6.45) is 0.299. The van der Waals surface area contributed by atoms with Crippen LogP contribution in [-0.2, 0) is 29.2 Å². The Morgan fingerprint density at radius 1 is 1.24 bits per heavy atom. The first kappa shape index (κ1) is 23.6. The molecule has 1 aliphatic heterocycles. The minimum Gasteiger partial charge on any atom is -0.380 e. The van der Waals surface area contributed by atoms with E-state index < -0.39 is 0 Å². The number of rotatable bonds is 7. The van der Waals surface area contributed by atoms with Crippen molar-refractivity contribution in [3.8, 4) is 0 Å². The molecule has 0 saturated carbocycles. The van der Waals surface area contributed by atoms with Crippen molar-refractivity contribution in [1.82, 2.24) is 4.90 Å². The molecule has 2 aromatic rings. The van der Waals surface area contributed by atoms with Crippen LogP contribution < -0.4 is 11.1 Å². The van der Waals surface area contributed by atoms with Gasteiger partial charge in [-0.25, -0.2) is 4.99 Å². The summed E-state index contributed by atoms with van der Waals surface area (Å²) in [6.45, 7) is 6.88. The fraction of sp³-hybridized carbons (Fsp3) is 0.409. The molecule has 0 aromatic heterocycles. The third-order valence-electron chi connectivity index (χ3n) is 4.73. The molecule has 0 amide bonds. The fourth-order valence-corrected chi connectivity index (χ4v) is 3.40. The van der Waals surface area contributed by atoms with Gasteiger partial charge in [0.1, 0.15) is 0 Å². The highest BCUT2D eigenvalue weighted by Crippen LogP contribution is 2.16. The lowest BCUT2D eigenvalue weighted by Gasteiger charge is -2.31. The van der Waals surface area contributed by atoms with E-state index in [0.29, 0.717) is 25.2 Å². The van der Waals surface area contributed by atoms with Crippen molar-refractivity contribution in [2.24, 2.45) is 10.7 Å². The molecule has 1 saturated heterocycles. The van der Waals surface area contributed by atoms with Gasteiger partial charge in [0.05, 0.1) is 25.9 Å². The van der Waals surface area contributed by atoms with E-state index in [0.717, 1.165) is 43.1 Å². The van der Waals surface area contributed by atoms with E-state index in [9.17, 15) is 0 Å². The zero-order valence-electron chi connectivity index (χ0n) is 17.1. The van der Waals surface area contributed by atoms with Crippen LogP contribution in [0, 0.1) is 0 Å². The van der Waals surface area contributed by atoms with Gasteiger partial charge in [0.2, 0.25) is 0 Å². The Bertz CT molecular complexity index is 800. The number of benzene rings is 2. The number of nitrogens with two attached hydrogens (primary N) is 1. The van der Waals surface area contributed by atoms with Gasteiger partial charge in [-0.05, 0) is 24.1 Å². The van der Waals surface area contributed by atoms with Crippen molar-refractivity contribution >= 4 is 35.6 Å². The van der Waals surface area contributed by atoms with Gasteiger partial charge < -0.3 is 20.5 Å². The first-order chi connectivity index (χ1) is 13.6. The Balaban J connectivity index is 0.00000300. The van der Waals surface area contributed by atoms with Gasteiger partial charge in [0.25, 0.3) is 0 Å². The van der Waals surface area contributed by atoms with Crippen LogP contribution in [0.1, 0.15) is 23.6 Å². The number of nitrogens with zero attached hydrogens (tertiary/aromatic N) is 2. The minimum absolute atomic E-state index is 0. The van der Waals surface area contributed by atoms with Crippen molar-refractivity contribution in [3.63, 3.8) is 0 Å². The molecule has 1 unspecified atom stereocenters. The van der Waals surface area contributed by atoms with E-state index in [2.05, 4.69) is 46.4 Å². The lowest BCUT2D eigenvalue weighted by atomic mass is 10.1. The molecular formula is C22H31IN4O2. The highest BCUT2D eigenvalue weighted by molar-refractivity contribution is 14.0. The van der Waals surface area contributed by atoms with Gasteiger partial charge in [-0.3, -0.25) is 4.90 Å². The maximum Gasteiger partial charge on any atom is 0.193 e. The molecule has 0 bridgehead atoms. The molecule has 0 spiro atoms. The Morgan fingerprint density at radius 2 is 2.03 bits per heavy atom. The van der Waals surface area contributed by atoms with Crippen molar-refractivity contribution in [2.75, 3.05) is 32.1 Å². The second-order valence-electron chi connectivity index (χ2n) is 7.15. The van der Waals surface area contributed by atoms with Gasteiger partial charge in [0.15, 0.2) is 5.96 Å². The Labute approximate surface area is 190 Å². The van der Waals surface area contributed by atoms with Gasteiger partial charge in [-0.15, -0.1) is 24.0 Å². The molecule has 158 valence electrons.